The summed E-state index contributed by atoms with van der Waals surface area (Å²) in [7, 11) is 0. The summed E-state index contributed by atoms with van der Waals surface area (Å²) in [6.45, 7) is 3.63. The number of aromatic hydroxyl groups is 1. The van der Waals surface area contributed by atoms with Gasteiger partial charge in [0.05, 0.1) is 22.9 Å². The Kier molecular flexibility index (Phi) is 5.97. The molecule has 0 spiro atoms. The molecular weight excluding hydrogens is 386 g/mol. The molecule has 6 nitrogen and oxygen atoms in total. The molecule has 1 saturated heterocycles. The fourth-order valence-corrected chi connectivity index (χ4v) is 4.44. The Morgan fingerprint density at radius 3 is 2.97 bits per heavy atom. The monoisotopic (exact) mass is 411 g/mol. The fraction of sp³-hybridized carbons (Fsp3) is 0.364. The fourth-order valence-electron chi connectivity index (χ4n) is 3.52. The first-order chi connectivity index (χ1) is 14.1. The van der Waals surface area contributed by atoms with Crippen molar-refractivity contribution in [3.05, 3.63) is 53.6 Å². The van der Waals surface area contributed by atoms with Crippen molar-refractivity contribution in [2.45, 2.75) is 38.8 Å². The van der Waals surface area contributed by atoms with Gasteiger partial charge in [0.25, 0.3) is 0 Å². The number of nitrogens with zero attached hydrogens (tertiary/aromatic N) is 2. The standard InChI is InChI=1S/C22H25N3O3S/c1-2-15-9-10-18-20(12-15)29-21(23-18)24-22(27)25(14-17-7-5-11-28-17)13-16-6-3-4-8-19(16)26/h3-4,6,8-10,12,17,26H,2,5,7,11,13-14H2,1H3,(H,23,24,27). The molecular formula is C22H25N3O3S. The van der Waals surface area contributed by atoms with E-state index in [1.54, 1.807) is 17.0 Å². The van der Waals surface area contributed by atoms with E-state index in [4.69, 9.17) is 4.74 Å². The van der Waals surface area contributed by atoms with Gasteiger partial charge in [0.15, 0.2) is 5.13 Å². The average Bonchev–Trinajstić information content (AvgIpc) is 3.37. The van der Waals surface area contributed by atoms with Gasteiger partial charge in [-0.1, -0.05) is 42.5 Å². The van der Waals surface area contributed by atoms with Crippen molar-refractivity contribution in [1.29, 1.82) is 0 Å². The minimum absolute atomic E-state index is 0.0223. The van der Waals surface area contributed by atoms with Crippen molar-refractivity contribution in [3.63, 3.8) is 0 Å². The maximum absolute atomic E-state index is 13.1. The zero-order valence-corrected chi connectivity index (χ0v) is 17.2. The van der Waals surface area contributed by atoms with E-state index in [-0.39, 0.29) is 17.9 Å². The van der Waals surface area contributed by atoms with Gasteiger partial charge in [-0.15, -0.1) is 0 Å². The molecule has 1 aliphatic rings. The molecule has 0 bridgehead atoms. The van der Waals surface area contributed by atoms with Crippen LogP contribution in [0.1, 0.15) is 30.9 Å². The van der Waals surface area contributed by atoms with E-state index in [9.17, 15) is 9.90 Å². The lowest BCUT2D eigenvalue weighted by Gasteiger charge is -2.25. The summed E-state index contributed by atoms with van der Waals surface area (Å²) in [6, 6.07) is 13.0. The van der Waals surface area contributed by atoms with Gasteiger partial charge in [-0.05, 0) is 43.0 Å². The van der Waals surface area contributed by atoms with Crippen LogP contribution in [0.3, 0.4) is 0 Å². The number of carbonyl (C=O) groups is 1. The zero-order chi connectivity index (χ0) is 20.2. The molecule has 4 rings (SSSR count). The van der Waals surface area contributed by atoms with Crippen LogP contribution in [0.15, 0.2) is 42.5 Å². The summed E-state index contributed by atoms with van der Waals surface area (Å²) in [5.74, 6) is 0.185. The second kappa shape index (κ2) is 8.80. The normalized spacial score (nSPS) is 16.2. The minimum atomic E-state index is -0.237. The van der Waals surface area contributed by atoms with Crippen LogP contribution < -0.4 is 5.32 Å². The number of thiazole rings is 1. The number of phenolic OH excluding ortho intramolecular Hbond substituents is 1. The van der Waals surface area contributed by atoms with Gasteiger partial charge in [-0.2, -0.15) is 0 Å². The summed E-state index contributed by atoms with van der Waals surface area (Å²) < 4.78 is 6.79. The van der Waals surface area contributed by atoms with Gasteiger partial charge in [0.2, 0.25) is 0 Å². The van der Waals surface area contributed by atoms with Crippen LogP contribution in [-0.4, -0.2) is 40.3 Å². The molecule has 2 heterocycles. The lowest BCUT2D eigenvalue weighted by atomic mass is 10.1. The Morgan fingerprint density at radius 1 is 1.34 bits per heavy atom. The highest BCUT2D eigenvalue weighted by atomic mass is 32.1. The van der Waals surface area contributed by atoms with Crippen molar-refractivity contribution < 1.29 is 14.6 Å². The van der Waals surface area contributed by atoms with E-state index >= 15 is 0 Å². The number of rotatable bonds is 6. The molecule has 1 atom stereocenters. The first kappa shape index (κ1) is 19.7. The molecule has 0 radical (unpaired) electrons. The molecule has 7 heteroatoms. The Labute approximate surface area is 174 Å². The van der Waals surface area contributed by atoms with E-state index in [2.05, 4.69) is 29.4 Å². The topological polar surface area (TPSA) is 74.7 Å². The molecule has 3 aromatic rings. The Hall–Kier alpha value is -2.64. The number of hydrogen-bond donors (Lipinski definition) is 2. The van der Waals surface area contributed by atoms with Crippen molar-refractivity contribution >= 4 is 32.7 Å². The molecule has 1 unspecified atom stereocenters. The summed E-state index contributed by atoms with van der Waals surface area (Å²) >= 11 is 1.47. The summed E-state index contributed by atoms with van der Waals surface area (Å²) in [6.07, 6.45) is 2.93. The predicted octanol–water partition coefficient (Wildman–Crippen LogP) is 4.78. The van der Waals surface area contributed by atoms with E-state index in [1.165, 1.54) is 16.9 Å². The maximum atomic E-state index is 13.1. The van der Waals surface area contributed by atoms with Gasteiger partial charge < -0.3 is 14.7 Å². The highest BCUT2D eigenvalue weighted by Gasteiger charge is 2.24. The number of nitrogens with one attached hydrogen (secondary N) is 1. The molecule has 2 N–H and O–H groups in total. The van der Waals surface area contributed by atoms with Crippen LogP contribution in [0.2, 0.25) is 0 Å². The number of carbonyl (C=O) groups excluding carboxylic acids is 1. The molecule has 29 heavy (non-hydrogen) atoms. The number of phenols is 1. The molecule has 1 aliphatic heterocycles. The second-order valence-electron chi connectivity index (χ2n) is 7.25. The highest BCUT2D eigenvalue weighted by Crippen LogP contribution is 2.28. The third-order valence-electron chi connectivity index (χ3n) is 5.16. The maximum Gasteiger partial charge on any atom is 0.324 e. The lowest BCUT2D eigenvalue weighted by Crippen LogP contribution is -2.39. The zero-order valence-electron chi connectivity index (χ0n) is 16.4. The summed E-state index contributed by atoms with van der Waals surface area (Å²) in [5, 5.41) is 13.7. The van der Waals surface area contributed by atoms with Gasteiger partial charge in [-0.25, -0.2) is 9.78 Å². The van der Waals surface area contributed by atoms with Crippen molar-refractivity contribution in [1.82, 2.24) is 9.88 Å². The van der Waals surface area contributed by atoms with Gasteiger partial charge >= 0.3 is 6.03 Å². The van der Waals surface area contributed by atoms with Crippen LogP contribution in [-0.2, 0) is 17.7 Å². The molecule has 1 aromatic heterocycles. The molecule has 2 aromatic carbocycles. The molecule has 2 amide bonds. The van der Waals surface area contributed by atoms with Crippen LogP contribution >= 0.6 is 11.3 Å². The smallest absolute Gasteiger partial charge is 0.324 e. The lowest BCUT2D eigenvalue weighted by molar-refractivity contribution is 0.0817. The van der Waals surface area contributed by atoms with Gasteiger partial charge in [-0.3, -0.25) is 5.32 Å². The van der Waals surface area contributed by atoms with Crippen molar-refractivity contribution in [2.75, 3.05) is 18.5 Å². The number of fused-ring (bicyclic) bond motifs is 1. The molecule has 0 aliphatic carbocycles. The SMILES string of the molecule is CCc1ccc2nc(NC(=O)N(Cc3ccccc3O)CC3CCCO3)sc2c1. The number of anilines is 1. The molecule has 0 saturated carbocycles. The predicted molar refractivity (Wildman–Crippen MR) is 116 cm³/mol. The van der Waals surface area contributed by atoms with E-state index in [0.29, 0.717) is 23.8 Å². The highest BCUT2D eigenvalue weighted by molar-refractivity contribution is 7.22. The quantitative estimate of drug-likeness (QED) is 0.612. The van der Waals surface area contributed by atoms with E-state index in [1.807, 2.05) is 18.2 Å². The number of hydrogen-bond acceptors (Lipinski definition) is 5. The largest absolute Gasteiger partial charge is 0.508 e. The number of para-hydroxylation sites is 1. The number of aryl methyl sites for hydroxylation is 1. The first-order valence-corrected chi connectivity index (χ1v) is 10.8. The van der Waals surface area contributed by atoms with Crippen LogP contribution in [0.4, 0.5) is 9.93 Å². The van der Waals surface area contributed by atoms with E-state index < -0.39 is 0 Å². The van der Waals surface area contributed by atoms with Crippen LogP contribution in [0, 0.1) is 0 Å². The Bertz CT molecular complexity index is 998. The second-order valence-corrected chi connectivity index (χ2v) is 8.28. The number of amides is 2. The number of aromatic nitrogens is 1. The third kappa shape index (κ3) is 4.68. The van der Waals surface area contributed by atoms with E-state index in [0.717, 1.165) is 36.1 Å². The Morgan fingerprint density at radius 2 is 2.21 bits per heavy atom. The van der Waals surface area contributed by atoms with Crippen molar-refractivity contribution in [2.24, 2.45) is 0 Å². The first-order valence-electron chi connectivity index (χ1n) is 9.96. The van der Waals surface area contributed by atoms with Crippen LogP contribution in [0.25, 0.3) is 10.2 Å². The number of benzene rings is 2. The molecule has 152 valence electrons. The van der Waals surface area contributed by atoms with Crippen LogP contribution in [0.5, 0.6) is 5.75 Å². The van der Waals surface area contributed by atoms with Gasteiger partial charge in [0, 0.05) is 18.7 Å². The summed E-state index contributed by atoms with van der Waals surface area (Å²) in [5.41, 5.74) is 2.84. The van der Waals surface area contributed by atoms with Gasteiger partial charge in [0.1, 0.15) is 5.75 Å². The number of ether oxygens (including phenoxy) is 1. The summed E-state index contributed by atoms with van der Waals surface area (Å²) in [4.78, 5) is 19.3. The molecule has 1 fully saturated rings. The van der Waals surface area contributed by atoms with Crippen molar-refractivity contribution in [3.8, 4) is 5.75 Å². The number of urea groups is 1. The minimum Gasteiger partial charge on any atom is -0.508 e. The Balaban J connectivity index is 1.52. The average molecular weight is 412 g/mol. The third-order valence-corrected chi connectivity index (χ3v) is 6.10.